The van der Waals surface area contributed by atoms with Crippen LogP contribution in [0.25, 0.3) is 0 Å². The Bertz CT molecular complexity index is 553. The van der Waals surface area contributed by atoms with E-state index in [1.165, 1.54) is 6.21 Å². The molecule has 0 aliphatic rings. The summed E-state index contributed by atoms with van der Waals surface area (Å²) < 4.78 is 5.30. The molecule has 8 heteroatoms. The van der Waals surface area contributed by atoms with Crippen LogP contribution in [0.1, 0.15) is 25.8 Å². The molecule has 0 radical (unpaired) electrons. The molecule has 0 aromatic heterocycles. The Hall–Kier alpha value is -1.79. The Balaban J connectivity index is 2.67. The maximum absolute atomic E-state index is 11.4. The number of hydrazone groups is 1. The van der Waals surface area contributed by atoms with Gasteiger partial charge in [-0.1, -0.05) is 30.1 Å². The van der Waals surface area contributed by atoms with E-state index in [0.29, 0.717) is 34.5 Å². The molecule has 22 heavy (non-hydrogen) atoms. The fraction of sp³-hybridized carbons (Fsp3) is 0.357. The minimum atomic E-state index is -0.840. The summed E-state index contributed by atoms with van der Waals surface area (Å²) in [5, 5.41) is 6.79. The van der Waals surface area contributed by atoms with Crippen LogP contribution in [0, 0.1) is 0 Å². The summed E-state index contributed by atoms with van der Waals surface area (Å²) in [6.45, 7) is 4.58. The minimum Gasteiger partial charge on any atom is -0.491 e. The summed E-state index contributed by atoms with van der Waals surface area (Å²) in [5.41, 5.74) is 2.68. The van der Waals surface area contributed by atoms with Crippen molar-refractivity contribution in [1.82, 2.24) is 10.7 Å². The third kappa shape index (κ3) is 5.54. The highest BCUT2D eigenvalue weighted by atomic mass is 35.5. The van der Waals surface area contributed by atoms with Crippen LogP contribution in [-0.4, -0.2) is 31.2 Å². The molecule has 1 aromatic rings. The molecule has 0 spiro atoms. The molecule has 0 aliphatic carbocycles. The van der Waals surface area contributed by atoms with Crippen LogP contribution in [0.2, 0.25) is 10.0 Å². The number of hydrogen-bond acceptors (Lipinski definition) is 4. The smallest absolute Gasteiger partial charge is 0.329 e. The van der Waals surface area contributed by atoms with Crippen molar-refractivity contribution in [2.24, 2.45) is 5.10 Å². The zero-order valence-corrected chi connectivity index (χ0v) is 13.8. The largest absolute Gasteiger partial charge is 0.491 e. The first-order chi connectivity index (χ1) is 10.5. The van der Waals surface area contributed by atoms with E-state index >= 15 is 0 Å². The van der Waals surface area contributed by atoms with Crippen molar-refractivity contribution >= 4 is 41.2 Å². The van der Waals surface area contributed by atoms with Gasteiger partial charge in [0.1, 0.15) is 0 Å². The van der Waals surface area contributed by atoms with Gasteiger partial charge in [-0.05, 0) is 31.0 Å². The average Bonchev–Trinajstić information content (AvgIpc) is 2.48. The molecular weight excluding hydrogens is 329 g/mol. The van der Waals surface area contributed by atoms with Crippen LogP contribution in [0.3, 0.4) is 0 Å². The predicted octanol–water partition coefficient (Wildman–Crippen LogP) is 2.37. The highest BCUT2D eigenvalue weighted by Crippen LogP contribution is 2.33. The van der Waals surface area contributed by atoms with Gasteiger partial charge in [0.05, 0.1) is 22.9 Å². The van der Waals surface area contributed by atoms with Gasteiger partial charge in [-0.3, -0.25) is 9.59 Å². The third-order valence-electron chi connectivity index (χ3n) is 2.43. The minimum absolute atomic E-state index is 0.336. The number of hydrogen-bond donors (Lipinski definition) is 2. The SMILES string of the molecule is CCCNC(=O)C(=O)N/N=C\c1cc(Cl)c(OCC)c(Cl)c1. The molecule has 120 valence electrons. The maximum atomic E-state index is 11.4. The van der Waals surface area contributed by atoms with Gasteiger partial charge in [0, 0.05) is 6.54 Å². The number of amides is 2. The summed E-state index contributed by atoms with van der Waals surface area (Å²) in [6.07, 6.45) is 2.07. The van der Waals surface area contributed by atoms with Gasteiger partial charge in [0.15, 0.2) is 5.75 Å². The van der Waals surface area contributed by atoms with E-state index in [1.807, 2.05) is 13.8 Å². The summed E-state index contributed by atoms with van der Waals surface area (Å²) in [4.78, 5) is 22.7. The van der Waals surface area contributed by atoms with Crippen LogP contribution in [0.4, 0.5) is 0 Å². The van der Waals surface area contributed by atoms with E-state index in [2.05, 4.69) is 15.8 Å². The van der Waals surface area contributed by atoms with Crippen LogP contribution in [0.15, 0.2) is 17.2 Å². The third-order valence-corrected chi connectivity index (χ3v) is 2.99. The molecule has 6 nitrogen and oxygen atoms in total. The molecule has 0 heterocycles. The van der Waals surface area contributed by atoms with E-state index in [4.69, 9.17) is 27.9 Å². The van der Waals surface area contributed by atoms with Crippen LogP contribution >= 0.6 is 23.2 Å². The maximum Gasteiger partial charge on any atom is 0.329 e. The molecular formula is C14H17Cl2N3O3. The molecule has 0 aliphatic heterocycles. The standard InChI is InChI=1S/C14H17Cl2N3O3/c1-3-5-17-13(20)14(21)19-18-8-9-6-10(15)12(22-4-2)11(16)7-9/h6-8H,3-5H2,1-2H3,(H,17,20)(H,19,21)/b18-8-. The van der Waals surface area contributed by atoms with Crippen molar-refractivity contribution in [2.75, 3.05) is 13.2 Å². The van der Waals surface area contributed by atoms with Crippen molar-refractivity contribution in [3.63, 3.8) is 0 Å². The zero-order valence-electron chi connectivity index (χ0n) is 12.3. The Labute approximate surface area is 138 Å². The van der Waals surface area contributed by atoms with Gasteiger partial charge in [0.25, 0.3) is 0 Å². The summed E-state index contributed by atoms with van der Waals surface area (Å²) in [6, 6.07) is 3.18. The lowest BCUT2D eigenvalue weighted by atomic mass is 10.2. The lowest BCUT2D eigenvalue weighted by molar-refractivity contribution is -0.139. The molecule has 0 fully saturated rings. The Kier molecular flexibility index (Phi) is 7.70. The number of rotatable bonds is 6. The van der Waals surface area contributed by atoms with Crippen molar-refractivity contribution in [2.45, 2.75) is 20.3 Å². The topological polar surface area (TPSA) is 79.8 Å². The molecule has 0 saturated heterocycles. The molecule has 2 N–H and O–H groups in total. The van der Waals surface area contributed by atoms with E-state index in [-0.39, 0.29) is 0 Å². The quantitative estimate of drug-likeness (QED) is 0.471. The lowest BCUT2D eigenvalue weighted by Crippen LogP contribution is -2.38. The Morgan fingerprint density at radius 3 is 2.41 bits per heavy atom. The number of halogens is 2. The number of nitrogens with zero attached hydrogens (tertiary/aromatic N) is 1. The van der Waals surface area contributed by atoms with Crippen molar-refractivity contribution in [1.29, 1.82) is 0 Å². The van der Waals surface area contributed by atoms with Crippen LogP contribution in [-0.2, 0) is 9.59 Å². The first kappa shape index (κ1) is 18.3. The van der Waals surface area contributed by atoms with Gasteiger partial charge in [-0.2, -0.15) is 5.10 Å². The number of ether oxygens (including phenoxy) is 1. The molecule has 0 bridgehead atoms. The number of benzene rings is 1. The molecule has 0 atom stereocenters. The van der Waals surface area contributed by atoms with Crippen LogP contribution < -0.4 is 15.5 Å². The number of nitrogens with one attached hydrogen (secondary N) is 2. The monoisotopic (exact) mass is 345 g/mol. The molecule has 1 aromatic carbocycles. The van der Waals surface area contributed by atoms with E-state index in [1.54, 1.807) is 12.1 Å². The van der Waals surface area contributed by atoms with Gasteiger partial charge >= 0.3 is 11.8 Å². The lowest BCUT2D eigenvalue weighted by Gasteiger charge is -2.08. The molecule has 1 rings (SSSR count). The van der Waals surface area contributed by atoms with Crippen molar-refractivity contribution in [3.05, 3.63) is 27.7 Å². The second kappa shape index (κ2) is 9.27. The first-order valence-electron chi connectivity index (χ1n) is 6.72. The van der Waals surface area contributed by atoms with Crippen molar-refractivity contribution < 1.29 is 14.3 Å². The Morgan fingerprint density at radius 2 is 1.86 bits per heavy atom. The van der Waals surface area contributed by atoms with Gasteiger partial charge in [-0.25, -0.2) is 5.43 Å². The summed E-state index contributed by atoms with van der Waals surface area (Å²) in [7, 11) is 0. The predicted molar refractivity (Wildman–Crippen MR) is 86.7 cm³/mol. The number of carbonyl (C=O) groups excluding carboxylic acids is 2. The Morgan fingerprint density at radius 1 is 1.23 bits per heavy atom. The van der Waals surface area contributed by atoms with Crippen LogP contribution in [0.5, 0.6) is 5.75 Å². The molecule has 0 saturated carbocycles. The summed E-state index contributed by atoms with van der Waals surface area (Å²) in [5.74, 6) is -1.18. The van der Waals surface area contributed by atoms with Gasteiger partial charge in [0.2, 0.25) is 0 Å². The van der Waals surface area contributed by atoms with E-state index in [9.17, 15) is 9.59 Å². The highest BCUT2D eigenvalue weighted by molar-refractivity contribution is 6.37. The van der Waals surface area contributed by atoms with E-state index < -0.39 is 11.8 Å². The molecule has 0 unspecified atom stereocenters. The first-order valence-corrected chi connectivity index (χ1v) is 7.48. The average molecular weight is 346 g/mol. The zero-order chi connectivity index (χ0) is 16.5. The fourth-order valence-electron chi connectivity index (χ4n) is 1.47. The highest BCUT2D eigenvalue weighted by Gasteiger charge is 2.11. The number of carbonyl (C=O) groups is 2. The van der Waals surface area contributed by atoms with E-state index in [0.717, 1.165) is 6.42 Å². The van der Waals surface area contributed by atoms with Gasteiger partial charge < -0.3 is 10.1 Å². The fourth-order valence-corrected chi connectivity index (χ4v) is 2.08. The summed E-state index contributed by atoms with van der Waals surface area (Å²) >= 11 is 12.1. The second-order valence-corrected chi connectivity index (χ2v) is 5.02. The van der Waals surface area contributed by atoms with Crippen molar-refractivity contribution in [3.8, 4) is 5.75 Å². The van der Waals surface area contributed by atoms with Gasteiger partial charge in [-0.15, -0.1) is 0 Å². The normalized spacial score (nSPS) is 10.5. The second-order valence-electron chi connectivity index (χ2n) is 4.20. The molecule has 2 amide bonds.